The van der Waals surface area contributed by atoms with Crippen molar-refractivity contribution in [2.75, 3.05) is 0 Å². The first-order valence-electron chi connectivity index (χ1n) is 4.96. The third kappa shape index (κ3) is 2.68. The highest BCUT2D eigenvalue weighted by Crippen LogP contribution is 2.32. The molecule has 92 valence electrons. The molecule has 0 fully saturated rings. The van der Waals surface area contributed by atoms with Crippen molar-refractivity contribution in [3.8, 4) is 11.3 Å². The molecule has 0 atom stereocenters. The Morgan fingerprint density at radius 1 is 1.33 bits per heavy atom. The molecule has 0 bridgehead atoms. The number of hydrogen-bond acceptors (Lipinski definition) is 2. The van der Waals surface area contributed by atoms with E-state index in [2.05, 4.69) is 9.83 Å². The van der Waals surface area contributed by atoms with E-state index in [0.717, 1.165) is 12.1 Å². The van der Waals surface area contributed by atoms with Crippen molar-refractivity contribution in [2.24, 2.45) is 0 Å². The SMILES string of the molecule is [C-]#[N+]Cc1nc(-c2cccc(C(F)(F)F)c2)cs1. The molecule has 2 rings (SSSR count). The van der Waals surface area contributed by atoms with Gasteiger partial charge in [-0.15, -0.1) is 11.3 Å². The highest BCUT2D eigenvalue weighted by atomic mass is 32.1. The summed E-state index contributed by atoms with van der Waals surface area (Å²) in [6.45, 7) is 6.87. The Morgan fingerprint density at radius 2 is 2.11 bits per heavy atom. The van der Waals surface area contributed by atoms with Crippen LogP contribution in [0, 0.1) is 6.57 Å². The molecule has 1 aromatic heterocycles. The Kier molecular flexibility index (Phi) is 3.34. The predicted molar refractivity (Wildman–Crippen MR) is 62.9 cm³/mol. The molecular weight excluding hydrogens is 261 g/mol. The molecule has 2 nitrogen and oxygen atoms in total. The van der Waals surface area contributed by atoms with E-state index < -0.39 is 11.7 Å². The van der Waals surface area contributed by atoms with Gasteiger partial charge in [-0.3, -0.25) is 0 Å². The first-order chi connectivity index (χ1) is 8.50. The second-order valence-electron chi connectivity index (χ2n) is 3.52. The molecular formula is C12H7F3N2S. The molecule has 0 radical (unpaired) electrons. The number of hydrogen-bond donors (Lipinski definition) is 0. The molecule has 18 heavy (non-hydrogen) atoms. The number of halogens is 3. The van der Waals surface area contributed by atoms with Gasteiger partial charge in [0.25, 0.3) is 6.54 Å². The quantitative estimate of drug-likeness (QED) is 0.744. The molecule has 0 aliphatic rings. The molecule has 6 heteroatoms. The summed E-state index contributed by atoms with van der Waals surface area (Å²) < 4.78 is 37.7. The largest absolute Gasteiger partial charge is 0.416 e. The lowest BCUT2D eigenvalue weighted by atomic mass is 10.1. The summed E-state index contributed by atoms with van der Waals surface area (Å²) in [4.78, 5) is 7.32. The number of aromatic nitrogens is 1. The molecule has 0 amide bonds. The van der Waals surface area contributed by atoms with Crippen LogP contribution in [0.1, 0.15) is 10.6 Å². The lowest BCUT2D eigenvalue weighted by Crippen LogP contribution is -2.04. The summed E-state index contributed by atoms with van der Waals surface area (Å²) in [6, 6.07) is 5.02. The highest BCUT2D eigenvalue weighted by molar-refractivity contribution is 7.09. The summed E-state index contributed by atoms with van der Waals surface area (Å²) in [6.07, 6.45) is -4.36. The van der Waals surface area contributed by atoms with E-state index in [1.807, 2.05) is 0 Å². The monoisotopic (exact) mass is 268 g/mol. The van der Waals surface area contributed by atoms with Crippen LogP contribution in [0.25, 0.3) is 16.1 Å². The average Bonchev–Trinajstić information content (AvgIpc) is 2.77. The van der Waals surface area contributed by atoms with E-state index in [0.29, 0.717) is 16.3 Å². The Morgan fingerprint density at radius 3 is 2.78 bits per heavy atom. The zero-order valence-corrected chi connectivity index (χ0v) is 9.85. The zero-order chi connectivity index (χ0) is 13.2. The van der Waals surface area contributed by atoms with E-state index in [-0.39, 0.29) is 6.54 Å². The van der Waals surface area contributed by atoms with Crippen LogP contribution < -0.4 is 0 Å². The van der Waals surface area contributed by atoms with Crippen molar-refractivity contribution in [1.82, 2.24) is 4.98 Å². The van der Waals surface area contributed by atoms with Gasteiger partial charge < -0.3 is 4.85 Å². The van der Waals surface area contributed by atoms with Gasteiger partial charge >= 0.3 is 6.18 Å². The van der Waals surface area contributed by atoms with Crippen LogP contribution in [0.2, 0.25) is 0 Å². The number of nitrogens with zero attached hydrogens (tertiary/aromatic N) is 2. The van der Waals surface area contributed by atoms with Gasteiger partial charge in [0.15, 0.2) is 5.01 Å². The van der Waals surface area contributed by atoms with Crippen LogP contribution in [-0.4, -0.2) is 4.98 Å². The molecule has 0 unspecified atom stereocenters. The summed E-state index contributed by atoms with van der Waals surface area (Å²) >= 11 is 1.28. The number of rotatable bonds is 2. The number of thiazole rings is 1. The van der Waals surface area contributed by atoms with E-state index in [9.17, 15) is 13.2 Å². The fourth-order valence-electron chi connectivity index (χ4n) is 1.44. The smallest absolute Gasteiger partial charge is 0.309 e. The summed E-state index contributed by atoms with van der Waals surface area (Å²) in [5.74, 6) is 0. The molecule has 1 heterocycles. The minimum absolute atomic E-state index is 0.156. The molecule has 0 N–H and O–H groups in total. The minimum Gasteiger partial charge on any atom is -0.309 e. The Labute approximate surface area is 106 Å². The van der Waals surface area contributed by atoms with Crippen molar-refractivity contribution >= 4 is 11.3 Å². The van der Waals surface area contributed by atoms with Gasteiger partial charge in [-0.2, -0.15) is 13.2 Å². The van der Waals surface area contributed by atoms with Gasteiger partial charge in [-0.25, -0.2) is 11.6 Å². The maximum atomic E-state index is 12.6. The first kappa shape index (κ1) is 12.6. The molecule has 0 aliphatic heterocycles. The second kappa shape index (κ2) is 4.78. The molecule has 2 aromatic rings. The van der Waals surface area contributed by atoms with Crippen molar-refractivity contribution in [1.29, 1.82) is 0 Å². The van der Waals surface area contributed by atoms with Crippen LogP contribution in [0.4, 0.5) is 13.2 Å². The van der Waals surface area contributed by atoms with E-state index >= 15 is 0 Å². The number of alkyl halides is 3. The fraction of sp³-hybridized carbons (Fsp3) is 0.167. The molecule has 0 saturated heterocycles. The Hall–Kier alpha value is -1.87. The summed E-state index contributed by atoms with van der Waals surface area (Å²) in [7, 11) is 0. The van der Waals surface area contributed by atoms with Crippen molar-refractivity contribution in [2.45, 2.75) is 12.7 Å². The molecule has 0 saturated carbocycles. The normalized spacial score (nSPS) is 11.2. The number of benzene rings is 1. The average molecular weight is 268 g/mol. The van der Waals surface area contributed by atoms with E-state index in [4.69, 9.17) is 6.57 Å². The van der Waals surface area contributed by atoms with Gasteiger partial charge in [0.05, 0.1) is 11.3 Å². The highest BCUT2D eigenvalue weighted by Gasteiger charge is 2.30. The van der Waals surface area contributed by atoms with Crippen LogP contribution in [0.15, 0.2) is 29.6 Å². The van der Waals surface area contributed by atoms with Crippen LogP contribution in [0.3, 0.4) is 0 Å². The standard InChI is InChI=1S/C12H7F3N2S/c1-16-6-11-17-10(7-18-11)8-3-2-4-9(5-8)12(13,14)15/h2-5,7H,6H2. The molecule has 1 aromatic carbocycles. The summed E-state index contributed by atoms with van der Waals surface area (Å²) in [5.41, 5.74) is 0.196. The third-order valence-electron chi connectivity index (χ3n) is 2.25. The summed E-state index contributed by atoms with van der Waals surface area (Å²) in [5, 5.41) is 2.27. The molecule has 0 spiro atoms. The van der Waals surface area contributed by atoms with Crippen molar-refractivity contribution in [3.05, 3.63) is 51.6 Å². The second-order valence-corrected chi connectivity index (χ2v) is 4.46. The topological polar surface area (TPSA) is 17.2 Å². The van der Waals surface area contributed by atoms with E-state index in [1.165, 1.54) is 17.4 Å². The van der Waals surface area contributed by atoms with Gasteiger partial charge in [0, 0.05) is 10.9 Å². The van der Waals surface area contributed by atoms with Gasteiger partial charge in [0.2, 0.25) is 0 Å². The Bertz CT molecular complexity index is 596. The fourth-order valence-corrected chi connectivity index (χ4v) is 2.17. The lowest BCUT2D eigenvalue weighted by molar-refractivity contribution is -0.137. The minimum atomic E-state index is -4.36. The zero-order valence-electron chi connectivity index (χ0n) is 9.03. The van der Waals surface area contributed by atoms with Gasteiger partial charge in [-0.05, 0) is 12.1 Å². The lowest BCUT2D eigenvalue weighted by Gasteiger charge is -2.07. The van der Waals surface area contributed by atoms with Crippen LogP contribution >= 0.6 is 11.3 Å². The van der Waals surface area contributed by atoms with Gasteiger partial charge in [0.1, 0.15) is 0 Å². The van der Waals surface area contributed by atoms with E-state index in [1.54, 1.807) is 11.4 Å². The first-order valence-corrected chi connectivity index (χ1v) is 5.84. The Balaban J connectivity index is 2.36. The van der Waals surface area contributed by atoms with Gasteiger partial charge in [-0.1, -0.05) is 12.1 Å². The maximum absolute atomic E-state index is 12.6. The molecule has 0 aliphatic carbocycles. The predicted octanol–water partition coefficient (Wildman–Crippen LogP) is 4.25. The van der Waals surface area contributed by atoms with Crippen LogP contribution in [0.5, 0.6) is 0 Å². The maximum Gasteiger partial charge on any atom is 0.416 e. The third-order valence-corrected chi connectivity index (χ3v) is 3.09. The van der Waals surface area contributed by atoms with Crippen molar-refractivity contribution in [3.63, 3.8) is 0 Å². The van der Waals surface area contributed by atoms with Crippen LogP contribution in [-0.2, 0) is 12.7 Å². The van der Waals surface area contributed by atoms with Crippen molar-refractivity contribution < 1.29 is 13.2 Å².